The van der Waals surface area contributed by atoms with Gasteiger partial charge in [-0.25, -0.2) is 17.8 Å². The Morgan fingerprint density at radius 1 is 1.30 bits per heavy atom. The molecule has 1 aromatic heterocycles. The lowest BCUT2D eigenvalue weighted by Gasteiger charge is -2.19. The molecule has 3 rings (SSSR count). The highest BCUT2D eigenvalue weighted by atomic mass is 35.5. The fourth-order valence-electron chi connectivity index (χ4n) is 2.59. The molecule has 1 unspecified atom stereocenters. The van der Waals surface area contributed by atoms with E-state index in [1.165, 1.54) is 42.6 Å². The third kappa shape index (κ3) is 4.01. The molecule has 0 fully saturated rings. The van der Waals surface area contributed by atoms with Crippen molar-refractivity contribution in [1.82, 2.24) is 14.3 Å². The number of aromatic nitrogens is 2. The fraction of sp³-hybridized carbons (Fsp3) is 0.111. The van der Waals surface area contributed by atoms with E-state index in [2.05, 4.69) is 9.71 Å². The summed E-state index contributed by atoms with van der Waals surface area (Å²) in [5.74, 6) is -0.109. The predicted molar refractivity (Wildman–Crippen MR) is 97.9 cm³/mol. The summed E-state index contributed by atoms with van der Waals surface area (Å²) in [6.07, 6.45) is 3.18. The molecule has 0 radical (unpaired) electrons. The fourth-order valence-corrected chi connectivity index (χ4v) is 3.96. The molecular formula is C18H14ClFN4O2S. The standard InChI is InChI=1S/C18H14ClFN4O2S/c1-24-8-7-22-18(24)17(12-3-2-4-14(20)9-12)23-27(25,26)15-5-6-16(19)13(10-15)11-21/h2-10,17,23H,1H3. The van der Waals surface area contributed by atoms with E-state index in [-0.39, 0.29) is 15.5 Å². The first-order valence-corrected chi connectivity index (χ1v) is 9.62. The van der Waals surface area contributed by atoms with Crippen molar-refractivity contribution in [2.24, 2.45) is 7.05 Å². The average molecular weight is 405 g/mol. The highest BCUT2D eigenvalue weighted by molar-refractivity contribution is 7.89. The van der Waals surface area contributed by atoms with Crippen molar-refractivity contribution in [1.29, 1.82) is 5.26 Å². The van der Waals surface area contributed by atoms with Crippen molar-refractivity contribution in [2.75, 3.05) is 0 Å². The van der Waals surface area contributed by atoms with Crippen LogP contribution in [-0.4, -0.2) is 18.0 Å². The lowest BCUT2D eigenvalue weighted by molar-refractivity contribution is 0.560. The minimum absolute atomic E-state index is 0.0406. The molecule has 0 saturated heterocycles. The highest BCUT2D eigenvalue weighted by Crippen LogP contribution is 2.25. The van der Waals surface area contributed by atoms with Gasteiger partial charge >= 0.3 is 0 Å². The van der Waals surface area contributed by atoms with Crippen LogP contribution in [0, 0.1) is 17.1 Å². The van der Waals surface area contributed by atoms with Crippen LogP contribution in [0.1, 0.15) is 23.0 Å². The molecule has 0 bridgehead atoms. The minimum Gasteiger partial charge on any atom is -0.336 e. The van der Waals surface area contributed by atoms with Gasteiger partial charge in [-0.3, -0.25) is 0 Å². The van der Waals surface area contributed by atoms with Gasteiger partial charge < -0.3 is 4.57 Å². The Morgan fingerprint density at radius 2 is 2.07 bits per heavy atom. The number of nitriles is 1. The zero-order valence-electron chi connectivity index (χ0n) is 14.1. The molecule has 1 N–H and O–H groups in total. The first kappa shape index (κ1) is 19.0. The van der Waals surface area contributed by atoms with Crippen LogP contribution < -0.4 is 4.72 Å². The summed E-state index contributed by atoms with van der Waals surface area (Å²) in [5.41, 5.74) is 0.432. The molecule has 27 heavy (non-hydrogen) atoms. The van der Waals surface area contributed by atoms with Crippen molar-refractivity contribution in [3.8, 4) is 6.07 Å². The van der Waals surface area contributed by atoms with Gasteiger partial charge in [0, 0.05) is 19.4 Å². The molecular weight excluding hydrogens is 391 g/mol. The number of halogens is 2. The zero-order chi connectivity index (χ0) is 19.6. The summed E-state index contributed by atoms with van der Waals surface area (Å²) in [6, 6.07) is 10.4. The molecule has 0 amide bonds. The van der Waals surface area contributed by atoms with Crippen molar-refractivity contribution in [2.45, 2.75) is 10.9 Å². The van der Waals surface area contributed by atoms with E-state index in [9.17, 15) is 12.8 Å². The van der Waals surface area contributed by atoms with Crippen molar-refractivity contribution >= 4 is 21.6 Å². The lowest BCUT2D eigenvalue weighted by Crippen LogP contribution is -2.31. The summed E-state index contributed by atoms with van der Waals surface area (Å²) < 4.78 is 43.7. The number of sulfonamides is 1. The second-order valence-corrected chi connectivity index (χ2v) is 7.88. The van der Waals surface area contributed by atoms with Crippen LogP contribution in [0.4, 0.5) is 4.39 Å². The maximum atomic E-state index is 13.7. The number of nitrogens with zero attached hydrogens (tertiary/aromatic N) is 3. The van der Waals surface area contributed by atoms with E-state index in [1.54, 1.807) is 23.9 Å². The first-order chi connectivity index (χ1) is 12.8. The number of imidazole rings is 1. The second kappa shape index (κ2) is 7.48. The highest BCUT2D eigenvalue weighted by Gasteiger charge is 2.26. The molecule has 3 aromatic rings. The number of aryl methyl sites for hydroxylation is 1. The predicted octanol–water partition coefficient (Wildman–Crippen LogP) is 3.15. The molecule has 0 aliphatic rings. The topological polar surface area (TPSA) is 87.8 Å². The number of hydrogen-bond donors (Lipinski definition) is 1. The van der Waals surface area contributed by atoms with Gasteiger partial charge in [0.1, 0.15) is 23.8 Å². The van der Waals surface area contributed by atoms with E-state index in [4.69, 9.17) is 16.9 Å². The molecule has 2 aromatic carbocycles. The Hall–Kier alpha value is -2.73. The van der Waals surface area contributed by atoms with Crippen molar-refractivity contribution in [3.63, 3.8) is 0 Å². The third-order valence-corrected chi connectivity index (χ3v) is 5.69. The lowest BCUT2D eigenvalue weighted by atomic mass is 10.1. The normalized spacial score (nSPS) is 12.5. The van der Waals surface area contributed by atoms with Crippen LogP contribution in [-0.2, 0) is 17.1 Å². The third-order valence-electron chi connectivity index (χ3n) is 3.94. The molecule has 1 atom stereocenters. The summed E-state index contributed by atoms with van der Waals surface area (Å²) in [5, 5.41) is 9.24. The molecule has 0 spiro atoms. The Morgan fingerprint density at radius 3 is 2.70 bits per heavy atom. The van der Waals surface area contributed by atoms with Gasteiger partial charge in [-0.2, -0.15) is 9.98 Å². The van der Waals surface area contributed by atoms with E-state index in [0.29, 0.717) is 11.4 Å². The van der Waals surface area contributed by atoms with Gasteiger partial charge in [0.2, 0.25) is 10.0 Å². The van der Waals surface area contributed by atoms with E-state index in [0.717, 1.165) is 0 Å². The van der Waals surface area contributed by atoms with E-state index in [1.807, 2.05) is 6.07 Å². The van der Waals surface area contributed by atoms with Crippen LogP contribution in [0.25, 0.3) is 0 Å². The Kier molecular flexibility index (Phi) is 5.28. The van der Waals surface area contributed by atoms with Gasteiger partial charge in [0.05, 0.1) is 15.5 Å². The summed E-state index contributed by atoms with van der Waals surface area (Å²) >= 11 is 5.87. The van der Waals surface area contributed by atoms with Gasteiger partial charge in [-0.15, -0.1) is 0 Å². The van der Waals surface area contributed by atoms with Crippen LogP contribution in [0.15, 0.2) is 59.8 Å². The Balaban J connectivity index is 2.06. The molecule has 0 aliphatic carbocycles. The van der Waals surface area contributed by atoms with E-state index >= 15 is 0 Å². The number of hydrogen-bond acceptors (Lipinski definition) is 4. The first-order valence-electron chi connectivity index (χ1n) is 7.76. The molecule has 6 nitrogen and oxygen atoms in total. The summed E-state index contributed by atoms with van der Waals surface area (Å²) in [6.45, 7) is 0. The van der Waals surface area contributed by atoms with Crippen LogP contribution in [0.2, 0.25) is 5.02 Å². The Labute approximate surface area is 160 Å². The molecule has 0 aliphatic heterocycles. The van der Waals surface area contributed by atoms with Gasteiger partial charge in [-0.1, -0.05) is 23.7 Å². The van der Waals surface area contributed by atoms with Crippen molar-refractivity contribution < 1.29 is 12.8 Å². The average Bonchev–Trinajstić information content (AvgIpc) is 3.05. The van der Waals surface area contributed by atoms with Crippen LogP contribution in [0.3, 0.4) is 0 Å². The maximum absolute atomic E-state index is 13.7. The van der Waals surface area contributed by atoms with E-state index < -0.39 is 21.9 Å². The monoisotopic (exact) mass is 404 g/mol. The molecule has 9 heteroatoms. The SMILES string of the molecule is Cn1ccnc1C(NS(=O)(=O)c1ccc(Cl)c(C#N)c1)c1cccc(F)c1. The summed E-state index contributed by atoms with van der Waals surface area (Å²) in [4.78, 5) is 4.06. The minimum atomic E-state index is -4.05. The van der Waals surface area contributed by atoms with Gasteiger partial charge in [-0.05, 0) is 35.9 Å². The van der Waals surface area contributed by atoms with Gasteiger partial charge in [0.25, 0.3) is 0 Å². The number of benzene rings is 2. The number of nitrogens with one attached hydrogen (secondary N) is 1. The van der Waals surface area contributed by atoms with Crippen LogP contribution >= 0.6 is 11.6 Å². The largest absolute Gasteiger partial charge is 0.336 e. The smallest absolute Gasteiger partial charge is 0.241 e. The van der Waals surface area contributed by atoms with Crippen molar-refractivity contribution in [3.05, 3.63) is 82.6 Å². The quantitative estimate of drug-likeness (QED) is 0.707. The summed E-state index contributed by atoms with van der Waals surface area (Å²) in [7, 11) is -2.34. The Bertz CT molecular complexity index is 1140. The zero-order valence-corrected chi connectivity index (χ0v) is 15.7. The maximum Gasteiger partial charge on any atom is 0.241 e. The number of rotatable bonds is 5. The van der Waals surface area contributed by atoms with Crippen LogP contribution in [0.5, 0.6) is 0 Å². The van der Waals surface area contributed by atoms with Gasteiger partial charge in [0.15, 0.2) is 0 Å². The molecule has 1 heterocycles. The molecule has 0 saturated carbocycles. The second-order valence-electron chi connectivity index (χ2n) is 5.76. The molecule has 138 valence electrons.